The molecule has 0 radical (unpaired) electrons. The van der Waals surface area contributed by atoms with Crippen LogP contribution >= 0.6 is 23.4 Å². The summed E-state index contributed by atoms with van der Waals surface area (Å²) in [7, 11) is 0. The minimum atomic E-state index is -0.910. The molecule has 0 atom stereocenters. The third kappa shape index (κ3) is 3.51. The number of rotatable bonds is 4. The second kappa shape index (κ2) is 5.17. The fraction of sp³-hybridized carbons (Fsp3) is 0.250. The number of thioether (sulfide) groups is 1. The van der Waals surface area contributed by atoms with Gasteiger partial charge in [0, 0.05) is 11.9 Å². The SMILES string of the molecule is O=C(O)CCSc1ncc(Cl)cc1F. The number of pyridine rings is 1. The molecule has 1 rings (SSSR count). The van der Waals surface area contributed by atoms with Crippen LogP contribution in [0.25, 0.3) is 0 Å². The summed E-state index contributed by atoms with van der Waals surface area (Å²) in [5, 5.41) is 8.76. The fourth-order valence-electron chi connectivity index (χ4n) is 0.743. The van der Waals surface area contributed by atoms with Gasteiger partial charge < -0.3 is 5.11 Å². The van der Waals surface area contributed by atoms with Crippen molar-refractivity contribution >= 4 is 29.3 Å². The summed E-state index contributed by atoms with van der Waals surface area (Å²) in [6.07, 6.45) is 1.31. The summed E-state index contributed by atoms with van der Waals surface area (Å²) in [6, 6.07) is 1.15. The Balaban J connectivity index is 2.55. The molecule has 14 heavy (non-hydrogen) atoms. The van der Waals surface area contributed by atoms with E-state index in [2.05, 4.69) is 4.98 Å². The third-order valence-corrected chi connectivity index (χ3v) is 2.52. The first-order valence-electron chi connectivity index (χ1n) is 3.75. The van der Waals surface area contributed by atoms with Crippen molar-refractivity contribution in [3.8, 4) is 0 Å². The molecule has 1 N–H and O–H groups in total. The lowest BCUT2D eigenvalue weighted by molar-refractivity contribution is -0.136. The van der Waals surface area contributed by atoms with E-state index in [9.17, 15) is 9.18 Å². The number of aliphatic carboxylic acids is 1. The molecule has 0 bridgehead atoms. The lowest BCUT2D eigenvalue weighted by Gasteiger charge is -2.00. The van der Waals surface area contributed by atoms with E-state index >= 15 is 0 Å². The Morgan fingerprint density at radius 2 is 2.43 bits per heavy atom. The Hall–Kier alpha value is -0.810. The maximum atomic E-state index is 13.1. The number of carbonyl (C=O) groups is 1. The van der Waals surface area contributed by atoms with Crippen LogP contribution in [-0.2, 0) is 4.79 Å². The average Bonchev–Trinajstić information content (AvgIpc) is 2.08. The normalized spacial score (nSPS) is 10.1. The number of carboxylic acid groups (broad SMARTS) is 1. The molecular weight excluding hydrogens is 229 g/mol. The predicted octanol–water partition coefficient (Wildman–Crippen LogP) is 2.44. The van der Waals surface area contributed by atoms with Gasteiger partial charge in [-0.2, -0.15) is 0 Å². The van der Waals surface area contributed by atoms with E-state index < -0.39 is 11.8 Å². The summed E-state index contributed by atoms with van der Waals surface area (Å²) < 4.78 is 13.1. The van der Waals surface area contributed by atoms with Gasteiger partial charge in [0.15, 0.2) is 5.82 Å². The molecule has 3 nitrogen and oxygen atoms in total. The molecule has 0 saturated carbocycles. The van der Waals surface area contributed by atoms with Crippen molar-refractivity contribution in [2.24, 2.45) is 0 Å². The van der Waals surface area contributed by atoms with Crippen molar-refractivity contribution < 1.29 is 14.3 Å². The molecule has 0 aromatic carbocycles. The van der Waals surface area contributed by atoms with Gasteiger partial charge in [0.2, 0.25) is 0 Å². The predicted molar refractivity (Wildman–Crippen MR) is 52.2 cm³/mol. The van der Waals surface area contributed by atoms with E-state index in [0.29, 0.717) is 5.75 Å². The molecule has 1 aromatic heterocycles. The first-order chi connectivity index (χ1) is 6.59. The van der Waals surface area contributed by atoms with Crippen molar-refractivity contribution in [3.63, 3.8) is 0 Å². The highest BCUT2D eigenvalue weighted by molar-refractivity contribution is 7.99. The average molecular weight is 236 g/mol. The van der Waals surface area contributed by atoms with E-state index in [1.165, 1.54) is 6.20 Å². The molecule has 0 aliphatic rings. The minimum Gasteiger partial charge on any atom is -0.481 e. The summed E-state index contributed by atoms with van der Waals surface area (Å²) in [6.45, 7) is 0. The van der Waals surface area contributed by atoms with Gasteiger partial charge in [0.1, 0.15) is 5.03 Å². The summed E-state index contributed by atoms with van der Waals surface area (Å²) in [5.41, 5.74) is 0. The summed E-state index contributed by atoms with van der Waals surface area (Å²) in [5.74, 6) is -1.14. The number of halogens is 2. The second-order valence-electron chi connectivity index (χ2n) is 2.43. The number of hydrogen-bond acceptors (Lipinski definition) is 3. The molecule has 0 saturated heterocycles. The highest BCUT2D eigenvalue weighted by Crippen LogP contribution is 2.21. The molecule has 0 spiro atoms. The number of nitrogens with zero attached hydrogens (tertiary/aromatic N) is 1. The van der Waals surface area contributed by atoms with Gasteiger partial charge in [0.25, 0.3) is 0 Å². The standard InChI is InChI=1S/C8H7ClFNO2S/c9-5-3-6(10)8(11-4-5)14-2-1-7(12)13/h3-4H,1-2H2,(H,12,13). The van der Waals surface area contributed by atoms with Crippen LogP contribution in [-0.4, -0.2) is 21.8 Å². The van der Waals surface area contributed by atoms with E-state index in [1.54, 1.807) is 0 Å². The maximum absolute atomic E-state index is 13.1. The smallest absolute Gasteiger partial charge is 0.304 e. The minimum absolute atomic E-state index is 0.0194. The van der Waals surface area contributed by atoms with Gasteiger partial charge in [-0.25, -0.2) is 9.37 Å². The molecule has 0 amide bonds. The molecule has 0 unspecified atom stereocenters. The van der Waals surface area contributed by atoms with Crippen LogP contribution in [0.15, 0.2) is 17.3 Å². The van der Waals surface area contributed by atoms with Gasteiger partial charge in [-0.05, 0) is 6.07 Å². The first kappa shape index (κ1) is 11.3. The largest absolute Gasteiger partial charge is 0.481 e. The van der Waals surface area contributed by atoms with Crippen molar-refractivity contribution in [2.75, 3.05) is 5.75 Å². The van der Waals surface area contributed by atoms with E-state index in [4.69, 9.17) is 16.7 Å². The number of hydrogen-bond donors (Lipinski definition) is 1. The maximum Gasteiger partial charge on any atom is 0.304 e. The van der Waals surface area contributed by atoms with Crippen LogP contribution in [0, 0.1) is 5.82 Å². The Labute approximate surface area is 89.3 Å². The highest BCUT2D eigenvalue weighted by atomic mass is 35.5. The molecule has 0 fully saturated rings. The lowest BCUT2D eigenvalue weighted by Crippen LogP contribution is -1.97. The van der Waals surface area contributed by atoms with Gasteiger partial charge in [-0.3, -0.25) is 4.79 Å². The Bertz CT molecular complexity index is 348. The molecule has 6 heteroatoms. The third-order valence-electron chi connectivity index (χ3n) is 1.33. The number of carboxylic acids is 1. The van der Waals surface area contributed by atoms with E-state index in [-0.39, 0.29) is 16.5 Å². The lowest BCUT2D eigenvalue weighted by atomic mass is 10.5. The topological polar surface area (TPSA) is 50.2 Å². The monoisotopic (exact) mass is 235 g/mol. The van der Waals surface area contributed by atoms with Crippen LogP contribution < -0.4 is 0 Å². The van der Waals surface area contributed by atoms with Crippen molar-refractivity contribution in [1.82, 2.24) is 4.98 Å². The zero-order chi connectivity index (χ0) is 10.6. The molecule has 1 heterocycles. The molecular formula is C8H7ClFNO2S. The quantitative estimate of drug-likeness (QED) is 0.815. The Morgan fingerprint density at radius 1 is 1.71 bits per heavy atom. The zero-order valence-electron chi connectivity index (χ0n) is 7.04. The van der Waals surface area contributed by atoms with Crippen molar-refractivity contribution in [3.05, 3.63) is 23.1 Å². The number of aromatic nitrogens is 1. The Morgan fingerprint density at radius 3 is 3.00 bits per heavy atom. The van der Waals surface area contributed by atoms with E-state index in [0.717, 1.165) is 17.8 Å². The molecule has 0 aliphatic carbocycles. The summed E-state index contributed by atoms with van der Waals surface area (Å²) in [4.78, 5) is 13.9. The van der Waals surface area contributed by atoms with Gasteiger partial charge in [0.05, 0.1) is 11.4 Å². The molecule has 0 aliphatic heterocycles. The van der Waals surface area contributed by atoms with Crippen molar-refractivity contribution in [2.45, 2.75) is 11.4 Å². The second-order valence-corrected chi connectivity index (χ2v) is 3.95. The Kier molecular flexibility index (Phi) is 4.16. The van der Waals surface area contributed by atoms with Crippen LogP contribution in [0.3, 0.4) is 0 Å². The van der Waals surface area contributed by atoms with Gasteiger partial charge in [-0.15, -0.1) is 11.8 Å². The first-order valence-corrected chi connectivity index (χ1v) is 5.11. The fourth-order valence-corrected chi connectivity index (χ4v) is 1.68. The molecule has 1 aromatic rings. The zero-order valence-corrected chi connectivity index (χ0v) is 8.61. The molecule has 76 valence electrons. The summed E-state index contributed by atoms with van der Waals surface area (Å²) >= 11 is 6.55. The van der Waals surface area contributed by atoms with Crippen LogP contribution in [0.5, 0.6) is 0 Å². The van der Waals surface area contributed by atoms with Crippen LogP contribution in [0.1, 0.15) is 6.42 Å². The van der Waals surface area contributed by atoms with Crippen LogP contribution in [0.4, 0.5) is 4.39 Å². The van der Waals surface area contributed by atoms with Gasteiger partial charge >= 0.3 is 5.97 Å². The van der Waals surface area contributed by atoms with E-state index in [1.807, 2.05) is 0 Å². The van der Waals surface area contributed by atoms with Crippen molar-refractivity contribution in [1.29, 1.82) is 0 Å². The highest BCUT2D eigenvalue weighted by Gasteiger charge is 2.06. The van der Waals surface area contributed by atoms with Gasteiger partial charge in [-0.1, -0.05) is 11.6 Å². The van der Waals surface area contributed by atoms with Crippen LogP contribution in [0.2, 0.25) is 5.02 Å².